The molecular weight excluding hydrogens is 237 g/mol. The zero-order chi connectivity index (χ0) is 12.5. The Kier molecular flexibility index (Phi) is 3.40. The van der Waals surface area contributed by atoms with E-state index >= 15 is 0 Å². The number of nitriles is 1. The summed E-state index contributed by atoms with van der Waals surface area (Å²) in [5.74, 6) is 0.261. The maximum Gasteiger partial charge on any atom is 0.127 e. The molecule has 1 saturated carbocycles. The third-order valence-corrected chi connectivity index (χ3v) is 3.87. The molecule has 1 aromatic rings. The minimum absolute atomic E-state index is 0.299. The summed E-state index contributed by atoms with van der Waals surface area (Å²) < 4.78 is 13.7. The van der Waals surface area contributed by atoms with Crippen LogP contribution in [-0.4, -0.2) is 0 Å². The van der Waals surface area contributed by atoms with Crippen molar-refractivity contribution in [3.63, 3.8) is 0 Å². The van der Waals surface area contributed by atoms with E-state index in [1.807, 2.05) is 0 Å². The highest BCUT2D eigenvalue weighted by atomic mass is 35.5. The van der Waals surface area contributed by atoms with E-state index in [-0.39, 0.29) is 11.2 Å². The van der Waals surface area contributed by atoms with E-state index < -0.39 is 0 Å². The van der Waals surface area contributed by atoms with Crippen molar-refractivity contribution >= 4 is 11.6 Å². The van der Waals surface area contributed by atoms with E-state index in [0.29, 0.717) is 22.9 Å². The van der Waals surface area contributed by atoms with Gasteiger partial charge in [-0.1, -0.05) is 24.6 Å². The lowest BCUT2D eigenvalue weighted by Gasteiger charge is -2.21. The average molecular weight is 252 g/mol. The van der Waals surface area contributed by atoms with E-state index in [1.165, 1.54) is 6.07 Å². The summed E-state index contributed by atoms with van der Waals surface area (Å²) in [6.45, 7) is 2.15. The first-order valence-electron chi connectivity index (χ1n) is 5.90. The van der Waals surface area contributed by atoms with Crippen LogP contribution >= 0.6 is 11.6 Å². The van der Waals surface area contributed by atoms with Gasteiger partial charge in [0.15, 0.2) is 0 Å². The standard InChI is InChI=1S/C14H15ClFN/c1-10-4-5-14(7-10,9-17)8-11-2-3-12(15)6-13(11)16/h2-3,6,10H,4-5,7-8H2,1H3. The molecule has 1 aromatic carbocycles. The number of hydrogen-bond donors (Lipinski definition) is 0. The Morgan fingerprint density at radius 3 is 2.88 bits per heavy atom. The molecule has 1 aliphatic carbocycles. The molecule has 0 aliphatic heterocycles. The molecule has 90 valence electrons. The fourth-order valence-corrected chi connectivity index (χ4v) is 2.88. The quantitative estimate of drug-likeness (QED) is 0.767. The number of hydrogen-bond acceptors (Lipinski definition) is 1. The predicted molar refractivity (Wildman–Crippen MR) is 66.2 cm³/mol. The minimum Gasteiger partial charge on any atom is -0.207 e. The summed E-state index contributed by atoms with van der Waals surface area (Å²) in [6, 6.07) is 7.10. The lowest BCUT2D eigenvalue weighted by molar-refractivity contribution is 0.384. The van der Waals surface area contributed by atoms with Gasteiger partial charge in [-0.3, -0.25) is 0 Å². The van der Waals surface area contributed by atoms with Gasteiger partial charge in [0.25, 0.3) is 0 Å². The van der Waals surface area contributed by atoms with Gasteiger partial charge in [0, 0.05) is 5.02 Å². The highest BCUT2D eigenvalue weighted by molar-refractivity contribution is 6.30. The van der Waals surface area contributed by atoms with Gasteiger partial charge in [0.05, 0.1) is 11.5 Å². The Bertz CT molecular complexity index is 466. The molecule has 0 radical (unpaired) electrons. The molecule has 0 aromatic heterocycles. The number of rotatable bonds is 2. The lowest BCUT2D eigenvalue weighted by Crippen LogP contribution is -2.18. The smallest absolute Gasteiger partial charge is 0.127 e. The van der Waals surface area contributed by atoms with Gasteiger partial charge >= 0.3 is 0 Å². The maximum atomic E-state index is 13.7. The Hall–Kier alpha value is -1.07. The molecule has 1 nitrogen and oxygen atoms in total. The molecule has 0 spiro atoms. The SMILES string of the molecule is CC1CCC(C#N)(Cc2ccc(Cl)cc2F)C1. The molecule has 2 atom stereocenters. The Morgan fingerprint density at radius 1 is 1.59 bits per heavy atom. The number of benzene rings is 1. The summed E-state index contributed by atoms with van der Waals surface area (Å²) in [7, 11) is 0. The number of nitrogens with zero attached hydrogens (tertiary/aromatic N) is 1. The van der Waals surface area contributed by atoms with Crippen LogP contribution in [0.2, 0.25) is 5.02 Å². The van der Waals surface area contributed by atoms with Crippen molar-refractivity contribution in [2.45, 2.75) is 32.6 Å². The molecule has 0 heterocycles. The molecule has 1 aliphatic rings. The molecule has 2 unspecified atom stereocenters. The fourth-order valence-electron chi connectivity index (χ4n) is 2.73. The first-order chi connectivity index (χ1) is 8.04. The normalized spacial score (nSPS) is 28.0. The highest BCUT2D eigenvalue weighted by Crippen LogP contribution is 2.43. The van der Waals surface area contributed by atoms with Crippen LogP contribution < -0.4 is 0 Å². The summed E-state index contributed by atoms with van der Waals surface area (Å²) in [5.41, 5.74) is 0.221. The van der Waals surface area contributed by atoms with Crippen LogP contribution in [-0.2, 0) is 6.42 Å². The minimum atomic E-state index is -0.381. The van der Waals surface area contributed by atoms with Crippen molar-refractivity contribution in [1.29, 1.82) is 5.26 Å². The molecule has 0 N–H and O–H groups in total. The first kappa shape index (κ1) is 12.4. The van der Waals surface area contributed by atoms with Crippen molar-refractivity contribution in [1.82, 2.24) is 0 Å². The van der Waals surface area contributed by atoms with E-state index in [2.05, 4.69) is 13.0 Å². The van der Waals surface area contributed by atoms with Gasteiger partial charge in [0.1, 0.15) is 5.82 Å². The Morgan fingerprint density at radius 2 is 2.35 bits per heavy atom. The highest BCUT2D eigenvalue weighted by Gasteiger charge is 2.38. The van der Waals surface area contributed by atoms with Crippen molar-refractivity contribution < 1.29 is 4.39 Å². The van der Waals surface area contributed by atoms with E-state index in [9.17, 15) is 9.65 Å². The van der Waals surface area contributed by atoms with Crippen molar-refractivity contribution in [2.24, 2.45) is 11.3 Å². The summed E-state index contributed by atoms with van der Waals surface area (Å²) in [4.78, 5) is 0. The second-order valence-electron chi connectivity index (χ2n) is 5.15. The molecule has 0 bridgehead atoms. The van der Waals surface area contributed by atoms with Gasteiger partial charge in [-0.05, 0) is 49.3 Å². The van der Waals surface area contributed by atoms with Gasteiger partial charge in [-0.25, -0.2) is 4.39 Å². The van der Waals surface area contributed by atoms with Gasteiger partial charge < -0.3 is 0 Å². The van der Waals surface area contributed by atoms with Crippen molar-refractivity contribution in [3.05, 3.63) is 34.6 Å². The Balaban J connectivity index is 2.22. The van der Waals surface area contributed by atoms with Gasteiger partial charge in [-0.15, -0.1) is 0 Å². The lowest BCUT2D eigenvalue weighted by atomic mass is 9.81. The molecule has 2 rings (SSSR count). The third-order valence-electron chi connectivity index (χ3n) is 3.64. The van der Waals surface area contributed by atoms with Crippen molar-refractivity contribution in [2.75, 3.05) is 0 Å². The van der Waals surface area contributed by atoms with Gasteiger partial charge in [-0.2, -0.15) is 5.26 Å². The van der Waals surface area contributed by atoms with Crippen LogP contribution in [0.1, 0.15) is 31.7 Å². The zero-order valence-electron chi connectivity index (χ0n) is 9.84. The second-order valence-corrected chi connectivity index (χ2v) is 5.59. The summed E-state index contributed by atoms with van der Waals surface area (Å²) >= 11 is 5.72. The summed E-state index contributed by atoms with van der Waals surface area (Å²) in [6.07, 6.45) is 3.29. The van der Waals surface area contributed by atoms with Crippen molar-refractivity contribution in [3.8, 4) is 6.07 Å². The molecule has 1 fully saturated rings. The van der Waals surface area contributed by atoms with Crippen LogP contribution in [0, 0.1) is 28.5 Å². The monoisotopic (exact) mass is 251 g/mol. The molecule has 3 heteroatoms. The van der Waals surface area contributed by atoms with Gasteiger partial charge in [0.2, 0.25) is 0 Å². The van der Waals surface area contributed by atoms with E-state index in [4.69, 9.17) is 11.6 Å². The van der Waals surface area contributed by atoms with Crippen LogP contribution in [0.4, 0.5) is 4.39 Å². The topological polar surface area (TPSA) is 23.8 Å². The molecule has 17 heavy (non-hydrogen) atoms. The number of halogens is 2. The second kappa shape index (κ2) is 4.66. The largest absolute Gasteiger partial charge is 0.207 e. The summed E-state index contributed by atoms with van der Waals surface area (Å²) in [5, 5.41) is 9.74. The molecule has 0 saturated heterocycles. The zero-order valence-corrected chi connectivity index (χ0v) is 10.6. The van der Waals surface area contributed by atoms with E-state index in [0.717, 1.165) is 19.3 Å². The maximum absolute atomic E-state index is 13.7. The Labute approximate surface area is 106 Å². The third kappa shape index (κ3) is 2.61. The fraction of sp³-hybridized carbons (Fsp3) is 0.500. The van der Waals surface area contributed by atoms with E-state index in [1.54, 1.807) is 12.1 Å². The predicted octanol–water partition coefficient (Wildman–Crippen LogP) is 4.35. The van der Waals surface area contributed by atoms with Crippen LogP contribution in [0.15, 0.2) is 18.2 Å². The van der Waals surface area contributed by atoms with Crippen LogP contribution in [0.3, 0.4) is 0 Å². The first-order valence-corrected chi connectivity index (χ1v) is 6.28. The molecular formula is C14H15ClFN. The molecule has 0 amide bonds. The van der Waals surface area contributed by atoms with Crippen LogP contribution in [0.5, 0.6) is 0 Å². The average Bonchev–Trinajstić information content (AvgIpc) is 2.65. The van der Waals surface area contributed by atoms with Crippen LogP contribution in [0.25, 0.3) is 0 Å².